The van der Waals surface area contributed by atoms with Gasteiger partial charge in [0.05, 0.1) is 16.3 Å². The van der Waals surface area contributed by atoms with Gasteiger partial charge in [-0.25, -0.2) is 4.90 Å². The monoisotopic (exact) mass is 416 g/mol. The third kappa shape index (κ3) is 3.62. The van der Waals surface area contributed by atoms with Crippen molar-refractivity contribution in [2.75, 3.05) is 10.2 Å². The van der Waals surface area contributed by atoms with Crippen LogP contribution in [-0.4, -0.2) is 11.8 Å². The number of para-hydroxylation sites is 1. The molecule has 1 aliphatic heterocycles. The van der Waals surface area contributed by atoms with E-state index in [-0.39, 0.29) is 5.70 Å². The highest BCUT2D eigenvalue weighted by atomic mass is 35.5. The molecule has 0 saturated carbocycles. The van der Waals surface area contributed by atoms with E-state index in [2.05, 4.69) is 11.4 Å². The second-order valence-corrected chi connectivity index (χ2v) is 7.92. The van der Waals surface area contributed by atoms with Gasteiger partial charge in [0.2, 0.25) is 0 Å². The Kier molecular flexibility index (Phi) is 5.18. The Labute approximate surface area is 180 Å². The minimum absolute atomic E-state index is 0.244. The molecule has 0 spiro atoms. The smallest absolute Gasteiger partial charge is 0.282 e. The molecule has 0 radical (unpaired) electrons. The lowest BCUT2D eigenvalue weighted by Crippen LogP contribution is -2.32. The van der Waals surface area contributed by atoms with Crippen molar-refractivity contribution in [1.82, 2.24) is 0 Å². The Balaban J connectivity index is 1.86. The third-order valence-electron chi connectivity index (χ3n) is 5.01. The van der Waals surface area contributed by atoms with E-state index >= 15 is 0 Å². The summed E-state index contributed by atoms with van der Waals surface area (Å²) in [4.78, 5) is 28.0. The van der Waals surface area contributed by atoms with Crippen molar-refractivity contribution in [1.29, 1.82) is 0 Å². The number of halogens is 1. The van der Waals surface area contributed by atoms with E-state index in [0.29, 0.717) is 21.8 Å². The molecule has 0 saturated heterocycles. The fourth-order valence-electron chi connectivity index (χ4n) is 3.68. The molecule has 30 heavy (non-hydrogen) atoms. The largest absolute Gasteiger partial charge is 0.350 e. The van der Waals surface area contributed by atoms with Crippen LogP contribution < -0.4 is 10.2 Å². The van der Waals surface area contributed by atoms with Crippen LogP contribution in [0.1, 0.15) is 22.3 Å². The first-order valence-electron chi connectivity index (χ1n) is 9.65. The molecule has 0 unspecified atom stereocenters. The van der Waals surface area contributed by atoms with E-state index in [1.807, 2.05) is 57.2 Å². The van der Waals surface area contributed by atoms with Crippen LogP contribution in [0.3, 0.4) is 0 Å². The van der Waals surface area contributed by atoms with Crippen molar-refractivity contribution in [3.63, 3.8) is 0 Å². The highest BCUT2D eigenvalue weighted by Crippen LogP contribution is 2.36. The molecule has 0 aliphatic carbocycles. The zero-order valence-corrected chi connectivity index (χ0v) is 17.7. The van der Waals surface area contributed by atoms with Gasteiger partial charge in [0.15, 0.2) is 0 Å². The molecule has 1 aliphatic rings. The molecular weight excluding hydrogens is 396 g/mol. The summed E-state index contributed by atoms with van der Waals surface area (Å²) in [5, 5.41) is 3.55. The first-order valence-corrected chi connectivity index (χ1v) is 10.0. The Bertz CT molecular complexity index is 1180. The summed E-state index contributed by atoms with van der Waals surface area (Å²) in [6.45, 7) is 5.96. The molecule has 4 nitrogen and oxygen atoms in total. The van der Waals surface area contributed by atoms with Gasteiger partial charge in [0.25, 0.3) is 11.8 Å². The van der Waals surface area contributed by atoms with E-state index < -0.39 is 11.8 Å². The summed E-state index contributed by atoms with van der Waals surface area (Å²) >= 11 is 6.31. The Hall–Kier alpha value is -3.37. The average molecular weight is 417 g/mol. The summed E-state index contributed by atoms with van der Waals surface area (Å²) in [6, 6.07) is 20.4. The molecular formula is C25H21ClN2O2. The van der Waals surface area contributed by atoms with Gasteiger partial charge in [-0.2, -0.15) is 0 Å². The van der Waals surface area contributed by atoms with Crippen LogP contribution in [0.4, 0.5) is 11.4 Å². The summed E-state index contributed by atoms with van der Waals surface area (Å²) in [7, 11) is 0. The van der Waals surface area contributed by atoms with E-state index in [0.717, 1.165) is 27.3 Å². The number of carbonyl (C=O) groups is 2. The van der Waals surface area contributed by atoms with Crippen LogP contribution in [0, 0.1) is 20.8 Å². The number of nitrogens with zero attached hydrogens (tertiary/aromatic N) is 1. The zero-order chi connectivity index (χ0) is 21.4. The van der Waals surface area contributed by atoms with Crippen molar-refractivity contribution in [3.8, 4) is 0 Å². The maximum atomic E-state index is 13.4. The van der Waals surface area contributed by atoms with Crippen LogP contribution >= 0.6 is 11.6 Å². The molecule has 150 valence electrons. The quantitative estimate of drug-likeness (QED) is 0.558. The maximum absolute atomic E-state index is 13.4. The van der Waals surface area contributed by atoms with Crippen LogP contribution in [0.25, 0.3) is 5.57 Å². The molecule has 2 amide bonds. The molecule has 1 heterocycles. The average Bonchev–Trinajstić information content (AvgIpc) is 2.92. The number of aryl methyl sites for hydroxylation is 3. The van der Waals surface area contributed by atoms with Crippen molar-refractivity contribution in [3.05, 3.63) is 99.7 Å². The second-order valence-electron chi connectivity index (χ2n) is 7.51. The van der Waals surface area contributed by atoms with E-state index in [9.17, 15) is 9.59 Å². The van der Waals surface area contributed by atoms with E-state index in [1.165, 1.54) is 0 Å². The fourth-order valence-corrected chi connectivity index (χ4v) is 3.90. The Morgan fingerprint density at radius 3 is 2.03 bits per heavy atom. The van der Waals surface area contributed by atoms with Crippen LogP contribution in [0.15, 0.2) is 72.4 Å². The first kappa shape index (κ1) is 19.9. The topological polar surface area (TPSA) is 49.4 Å². The number of imide groups is 1. The van der Waals surface area contributed by atoms with Crippen LogP contribution in [0.5, 0.6) is 0 Å². The molecule has 4 rings (SSSR count). The number of amides is 2. The first-order chi connectivity index (χ1) is 14.3. The van der Waals surface area contributed by atoms with E-state index in [4.69, 9.17) is 11.6 Å². The summed E-state index contributed by atoms with van der Waals surface area (Å²) in [5.41, 5.74) is 5.59. The molecule has 0 bridgehead atoms. The van der Waals surface area contributed by atoms with Gasteiger partial charge in [-0.1, -0.05) is 59.6 Å². The standard InChI is InChI=1S/C25H21ClN2O2/c1-15-8-10-18(11-9-15)22-23(27-19-13-16(2)12-17(3)14-19)25(30)28(24(22)29)21-7-5-4-6-20(21)26/h4-14,27H,1-3H3. The number of anilines is 2. The summed E-state index contributed by atoms with van der Waals surface area (Å²) in [6.07, 6.45) is 0. The highest BCUT2D eigenvalue weighted by molar-refractivity contribution is 6.48. The predicted octanol–water partition coefficient (Wildman–Crippen LogP) is 5.66. The second kappa shape index (κ2) is 7.81. The number of carbonyl (C=O) groups excluding carboxylic acids is 2. The van der Waals surface area contributed by atoms with Gasteiger partial charge in [-0.15, -0.1) is 0 Å². The molecule has 3 aromatic carbocycles. The van der Waals surface area contributed by atoms with Gasteiger partial charge in [-0.05, 0) is 61.7 Å². The van der Waals surface area contributed by atoms with Crippen molar-refractivity contribution in [2.24, 2.45) is 0 Å². The fraction of sp³-hybridized carbons (Fsp3) is 0.120. The Morgan fingerprint density at radius 1 is 0.767 bits per heavy atom. The normalized spacial score (nSPS) is 13.9. The van der Waals surface area contributed by atoms with Crippen molar-refractivity contribution < 1.29 is 9.59 Å². The third-order valence-corrected chi connectivity index (χ3v) is 5.33. The summed E-state index contributed by atoms with van der Waals surface area (Å²) < 4.78 is 0. The lowest BCUT2D eigenvalue weighted by Gasteiger charge is -2.17. The molecule has 0 aromatic heterocycles. The number of hydrogen-bond donors (Lipinski definition) is 1. The predicted molar refractivity (Wildman–Crippen MR) is 122 cm³/mol. The van der Waals surface area contributed by atoms with Gasteiger partial charge < -0.3 is 5.32 Å². The molecule has 0 atom stereocenters. The Morgan fingerprint density at radius 2 is 1.40 bits per heavy atom. The number of hydrogen-bond acceptors (Lipinski definition) is 3. The van der Waals surface area contributed by atoms with Gasteiger partial charge in [0, 0.05) is 5.69 Å². The lowest BCUT2D eigenvalue weighted by atomic mass is 10.0. The van der Waals surface area contributed by atoms with Crippen LogP contribution in [0.2, 0.25) is 5.02 Å². The van der Waals surface area contributed by atoms with Crippen molar-refractivity contribution >= 4 is 40.4 Å². The number of nitrogens with one attached hydrogen (secondary N) is 1. The van der Waals surface area contributed by atoms with Gasteiger partial charge in [-0.3, -0.25) is 9.59 Å². The van der Waals surface area contributed by atoms with Gasteiger partial charge >= 0.3 is 0 Å². The minimum atomic E-state index is -0.428. The van der Waals surface area contributed by atoms with Gasteiger partial charge in [0.1, 0.15) is 5.70 Å². The van der Waals surface area contributed by atoms with Crippen molar-refractivity contribution in [2.45, 2.75) is 20.8 Å². The van der Waals surface area contributed by atoms with E-state index in [1.54, 1.807) is 24.3 Å². The molecule has 0 fully saturated rings. The zero-order valence-electron chi connectivity index (χ0n) is 17.0. The SMILES string of the molecule is Cc1ccc(C2=C(Nc3cc(C)cc(C)c3)C(=O)N(c3ccccc3Cl)C2=O)cc1. The van der Waals surface area contributed by atoms with Crippen LogP contribution in [-0.2, 0) is 9.59 Å². The number of rotatable bonds is 4. The molecule has 1 N–H and O–H groups in total. The number of benzene rings is 3. The molecule has 3 aromatic rings. The molecule has 5 heteroatoms. The lowest BCUT2D eigenvalue weighted by molar-refractivity contribution is -0.120. The maximum Gasteiger partial charge on any atom is 0.282 e. The minimum Gasteiger partial charge on any atom is -0.350 e. The highest BCUT2D eigenvalue weighted by Gasteiger charge is 2.41. The summed E-state index contributed by atoms with van der Waals surface area (Å²) in [5.74, 6) is -0.827.